The summed E-state index contributed by atoms with van der Waals surface area (Å²) in [6.45, 7) is 19.2. The predicted octanol–water partition coefficient (Wildman–Crippen LogP) is 6.15. The molecule has 0 fully saturated rings. The summed E-state index contributed by atoms with van der Waals surface area (Å²) in [4.78, 5) is 0. The highest BCUT2D eigenvalue weighted by molar-refractivity contribution is 7.55. The molecule has 0 atom stereocenters. The van der Waals surface area contributed by atoms with Crippen molar-refractivity contribution in [2.24, 2.45) is 23.7 Å². The summed E-state index contributed by atoms with van der Waals surface area (Å²) in [7, 11) is -2.90. The van der Waals surface area contributed by atoms with Crippen molar-refractivity contribution >= 4 is 17.2 Å². The lowest BCUT2D eigenvalue weighted by Crippen LogP contribution is -2.08. The molecule has 0 aliphatic heterocycles. The standard InChI is InChI=1S/C16H36O5P2/c1-13(2)9-17-22(18-10-14(3)4)21-23(19-11-15(5)6)20-12-16(7)8/h13-16H,9-12H2,1-8H3. The molecule has 0 amide bonds. The molecule has 0 aromatic rings. The van der Waals surface area contributed by atoms with Crippen molar-refractivity contribution in [3.8, 4) is 0 Å². The van der Waals surface area contributed by atoms with Gasteiger partial charge in [-0.15, -0.1) is 0 Å². The Labute approximate surface area is 145 Å². The van der Waals surface area contributed by atoms with Crippen LogP contribution in [0.3, 0.4) is 0 Å². The molecule has 5 nitrogen and oxygen atoms in total. The molecular formula is C16H36O5P2. The lowest BCUT2D eigenvalue weighted by molar-refractivity contribution is 0.139. The second-order valence-electron chi connectivity index (χ2n) is 7.29. The van der Waals surface area contributed by atoms with Gasteiger partial charge in [0.15, 0.2) is 0 Å². The van der Waals surface area contributed by atoms with Crippen LogP contribution in [0.1, 0.15) is 55.4 Å². The zero-order valence-electron chi connectivity index (χ0n) is 16.1. The van der Waals surface area contributed by atoms with Gasteiger partial charge in [-0.1, -0.05) is 55.4 Å². The van der Waals surface area contributed by atoms with Gasteiger partial charge >= 0.3 is 17.2 Å². The van der Waals surface area contributed by atoms with Crippen LogP contribution >= 0.6 is 17.2 Å². The Balaban J connectivity index is 4.56. The van der Waals surface area contributed by atoms with Crippen LogP contribution in [0.25, 0.3) is 0 Å². The Morgan fingerprint density at radius 3 is 0.870 bits per heavy atom. The SMILES string of the molecule is CC(C)COP(OCC(C)C)OP(OCC(C)C)OCC(C)C. The fraction of sp³-hybridized carbons (Fsp3) is 1.00. The first kappa shape index (κ1) is 23.7. The van der Waals surface area contributed by atoms with Crippen molar-refractivity contribution in [3.63, 3.8) is 0 Å². The maximum Gasteiger partial charge on any atom is 0.339 e. The van der Waals surface area contributed by atoms with E-state index in [1.165, 1.54) is 0 Å². The van der Waals surface area contributed by atoms with E-state index in [0.717, 1.165) is 0 Å². The van der Waals surface area contributed by atoms with Gasteiger partial charge in [-0.25, -0.2) is 4.31 Å². The highest BCUT2D eigenvalue weighted by Gasteiger charge is 2.24. The van der Waals surface area contributed by atoms with Gasteiger partial charge in [-0.3, -0.25) is 0 Å². The Hall–Kier alpha value is 0.660. The molecule has 0 aliphatic carbocycles. The van der Waals surface area contributed by atoms with Gasteiger partial charge in [0.1, 0.15) is 0 Å². The summed E-state index contributed by atoms with van der Waals surface area (Å²) in [6, 6.07) is 0. The molecule has 0 spiro atoms. The van der Waals surface area contributed by atoms with Crippen molar-refractivity contribution in [1.29, 1.82) is 0 Å². The molecule has 0 rings (SSSR count). The van der Waals surface area contributed by atoms with E-state index in [0.29, 0.717) is 50.1 Å². The van der Waals surface area contributed by atoms with Crippen LogP contribution in [-0.4, -0.2) is 26.4 Å². The van der Waals surface area contributed by atoms with E-state index in [-0.39, 0.29) is 0 Å². The first-order valence-corrected chi connectivity index (χ1v) is 10.7. The average molecular weight is 370 g/mol. The number of hydrogen-bond acceptors (Lipinski definition) is 5. The molecule has 0 aromatic carbocycles. The maximum atomic E-state index is 5.89. The summed E-state index contributed by atoms with van der Waals surface area (Å²) in [5.41, 5.74) is 0. The third-order valence-electron chi connectivity index (χ3n) is 2.19. The minimum atomic E-state index is -1.45. The van der Waals surface area contributed by atoms with Crippen molar-refractivity contribution in [2.75, 3.05) is 26.4 Å². The minimum absolute atomic E-state index is 0.422. The van der Waals surface area contributed by atoms with E-state index in [9.17, 15) is 0 Å². The maximum absolute atomic E-state index is 5.89. The lowest BCUT2D eigenvalue weighted by atomic mass is 10.2. The van der Waals surface area contributed by atoms with Crippen molar-refractivity contribution in [2.45, 2.75) is 55.4 Å². The van der Waals surface area contributed by atoms with E-state index in [1.54, 1.807) is 0 Å². The van der Waals surface area contributed by atoms with E-state index in [1.807, 2.05) is 0 Å². The van der Waals surface area contributed by atoms with E-state index in [2.05, 4.69) is 55.4 Å². The van der Waals surface area contributed by atoms with Crippen LogP contribution in [-0.2, 0) is 22.4 Å². The van der Waals surface area contributed by atoms with Gasteiger partial charge in [-0.05, 0) is 23.7 Å². The first-order chi connectivity index (χ1) is 10.7. The fourth-order valence-electron chi connectivity index (χ4n) is 1.06. The second-order valence-corrected chi connectivity index (χ2v) is 9.87. The van der Waals surface area contributed by atoms with Gasteiger partial charge in [-0.2, -0.15) is 0 Å². The summed E-state index contributed by atoms with van der Waals surface area (Å²) >= 11 is 0. The lowest BCUT2D eigenvalue weighted by Gasteiger charge is -2.24. The van der Waals surface area contributed by atoms with Crippen LogP contribution in [0, 0.1) is 23.7 Å². The highest BCUT2D eigenvalue weighted by atomic mass is 31.2. The topological polar surface area (TPSA) is 46.2 Å². The normalized spacial score (nSPS) is 12.8. The number of hydrogen-bond donors (Lipinski definition) is 0. The van der Waals surface area contributed by atoms with Crippen LogP contribution in [0.2, 0.25) is 0 Å². The largest absolute Gasteiger partial charge is 0.339 e. The molecule has 0 N–H and O–H groups in total. The molecule has 140 valence electrons. The Morgan fingerprint density at radius 2 is 0.696 bits per heavy atom. The molecule has 0 aromatic heterocycles. The van der Waals surface area contributed by atoms with Gasteiger partial charge < -0.3 is 18.1 Å². The second kappa shape index (κ2) is 13.9. The monoisotopic (exact) mass is 370 g/mol. The zero-order chi connectivity index (χ0) is 17.8. The molecule has 7 heteroatoms. The summed E-state index contributed by atoms with van der Waals surface area (Å²) in [6.07, 6.45) is 0. The van der Waals surface area contributed by atoms with E-state index in [4.69, 9.17) is 22.4 Å². The fourth-order valence-corrected chi connectivity index (χ4v) is 4.08. The van der Waals surface area contributed by atoms with E-state index >= 15 is 0 Å². The molecule has 0 bridgehead atoms. The van der Waals surface area contributed by atoms with E-state index < -0.39 is 17.2 Å². The number of rotatable bonds is 14. The van der Waals surface area contributed by atoms with Crippen LogP contribution in [0.5, 0.6) is 0 Å². The summed E-state index contributed by atoms with van der Waals surface area (Å²) in [5, 5.41) is 0. The first-order valence-electron chi connectivity index (χ1n) is 8.50. The molecule has 23 heavy (non-hydrogen) atoms. The van der Waals surface area contributed by atoms with Crippen molar-refractivity contribution in [3.05, 3.63) is 0 Å². The van der Waals surface area contributed by atoms with Gasteiger partial charge in [0.2, 0.25) is 0 Å². The van der Waals surface area contributed by atoms with Gasteiger partial charge in [0.25, 0.3) is 0 Å². The van der Waals surface area contributed by atoms with Crippen LogP contribution in [0.15, 0.2) is 0 Å². The quantitative estimate of drug-likeness (QED) is 0.343. The van der Waals surface area contributed by atoms with Crippen molar-refractivity contribution in [1.82, 2.24) is 0 Å². The molecule has 0 radical (unpaired) electrons. The molecular weight excluding hydrogens is 334 g/mol. The molecule has 0 saturated carbocycles. The predicted molar refractivity (Wildman–Crippen MR) is 98.1 cm³/mol. The summed E-state index contributed by atoms with van der Waals surface area (Å²) in [5.74, 6) is 1.69. The molecule has 0 aliphatic rings. The minimum Gasteiger partial charge on any atom is -0.312 e. The third-order valence-corrected chi connectivity index (χ3v) is 4.69. The molecule has 0 unspecified atom stereocenters. The van der Waals surface area contributed by atoms with Crippen LogP contribution < -0.4 is 0 Å². The Morgan fingerprint density at radius 1 is 0.478 bits per heavy atom. The van der Waals surface area contributed by atoms with Gasteiger partial charge in [0, 0.05) is 0 Å². The average Bonchev–Trinajstić information content (AvgIpc) is 2.43. The van der Waals surface area contributed by atoms with Crippen molar-refractivity contribution < 1.29 is 22.4 Å². The zero-order valence-corrected chi connectivity index (χ0v) is 17.9. The highest BCUT2D eigenvalue weighted by Crippen LogP contribution is 2.56. The van der Waals surface area contributed by atoms with Crippen LogP contribution in [0.4, 0.5) is 0 Å². The third kappa shape index (κ3) is 15.9. The summed E-state index contributed by atoms with van der Waals surface area (Å²) < 4.78 is 29.0. The Kier molecular flexibility index (Phi) is 14.3. The molecule has 0 saturated heterocycles. The van der Waals surface area contributed by atoms with Gasteiger partial charge in [0.05, 0.1) is 26.4 Å². The Bertz CT molecular complexity index is 225. The molecule has 0 heterocycles. The smallest absolute Gasteiger partial charge is 0.312 e.